The van der Waals surface area contributed by atoms with Crippen molar-refractivity contribution in [1.82, 2.24) is 4.90 Å². The van der Waals surface area contributed by atoms with E-state index in [4.69, 9.17) is 10.5 Å². The summed E-state index contributed by atoms with van der Waals surface area (Å²) in [6.07, 6.45) is 3.60. The highest BCUT2D eigenvalue weighted by Gasteiger charge is 2.14. The van der Waals surface area contributed by atoms with E-state index in [1.54, 1.807) is 0 Å². The lowest BCUT2D eigenvalue weighted by Crippen LogP contribution is -2.34. The second-order valence-electron chi connectivity index (χ2n) is 4.40. The van der Waals surface area contributed by atoms with E-state index in [1.807, 2.05) is 0 Å². The molecular formula is C11H22N2O2. The third-order valence-electron chi connectivity index (χ3n) is 2.88. The Morgan fingerprint density at radius 3 is 2.73 bits per heavy atom. The molecule has 0 spiro atoms. The molecule has 15 heavy (non-hydrogen) atoms. The van der Waals surface area contributed by atoms with E-state index in [0.717, 1.165) is 18.9 Å². The fraction of sp³-hybridized carbons (Fsp3) is 0.909. The van der Waals surface area contributed by atoms with E-state index in [9.17, 15) is 4.79 Å². The maximum absolute atomic E-state index is 10.4. The van der Waals surface area contributed by atoms with Gasteiger partial charge in [0.15, 0.2) is 0 Å². The standard InChI is InChI=1S/C11H22N2O2/c1-10-3-6-13(7-4-10)5-2-8-15-9-11(12)14/h10H,2-9H2,1H3,(H2,12,14). The number of rotatable bonds is 6. The zero-order chi connectivity index (χ0) is 11.1. The number of amides is 1. The quantitative estimate of drug-likeness (QED) is 0.659. The first-order chi connectivity index (χ1) is 7.18. The van der Waals surface area contributed by atoms with Crippen molar-refractivity contribution in [1.29, 1.82) is 0 Å². The lowest BCUT2D eigenvalue weighted by atomic mass is 9.99. The highest BCUT2D eigenvalue weighted by atomic mass is 16.5. The van der Waals surface area contributed by atoms with Crippen LogP contribution in [0.3, 0.4) is 0 Å². The van der Waals surface area contributed by atoms with Gasteiger partial charge < -0.3 is 15.4 Å². The number of carbonyl (C=O) groups is 1. The van der Waals surface area contributed by atoms with Gasteiger partial charge in [-0.1, -0.05) is 6.92 Å². The van der Waals surface area contributed by atoms with Crippen molar-refractivity contribution >= 4 is 5.91 Å². The molecule has 0 bridgehead atoms. The molecule has 1 amide bonds. The molecule has 0 radical (unpaired) electrons. The number of ether oxygens (including phenoxy) is 1. The van der Waals surface area contributed by atoms with Gasteiger partial charge in [0, 0.05) is 13.2 Å². The molecule has 1 rings (SSSR count). The van der Waals surface area contributed by atoms with Gasteiger partial charge >= 0.3 is 0 Å². The van der Waals surface area contributed by atoms with Gasteiger partial charge in [0.05, 0.1) is 0 Å². The van der Waals surface area contributed by atoms with E-state index >= 15 is 0 Å². The van der Waals surface area contributed by atoms with Gasteiger partial charge in [-0.2, -0.15) is 0 Å². The largest absolute Gasteiger partial charge is 0.372 e. The fourth-order valence-electron chi connectivity index (χ4n) is 1.85. The number of primary amides is 1. The van der Waals surface area contributed by atoms with Crippen molar-refractivity contribution in [2.45, 2.75) is 26.2 Å². The molecule has 0 saturated carbocycles. The molecule has 0 unspecified atom stereocenters. The summed E-state index contributed by atoms with van der Waals surface area (Å²) in [4.78, 5) is 12.9. The predicted octanol–water partition coefficient (Wildman–Crippen LogP) is 0.610. The summed E-state index contributed by atoms with van der Waals surface area (Å²) < 4.78 is 5.11. The zero-order valence-electron chi connectivity index (χ0n) is 9.58. The molecule has 0 atom stereocenters. The van der Waals surface area contributed by atoms with Crippen LogP contribution in [0.5, 0.6) is 0 Å². The molecule has 0 aromatic rings. The number of hydrogen-bond acceptors (Lipinski definition) is 3. The summed E-state index contributed by atoms with van der Waals surface area (Å²) in [5.41, 5.74) is 4.96. The molecule has 1 aliphatic heterocycles. The van der Waals surface area contributed by atoms with Crippen molar-refractivity contribution in [2.75, 3.05) is 32.8 Å². The van der Waals surface area contributed by atoms with Crippen molar-refractivity contribution < 1.29 is 9.53 Å². The molecular weight excluding hydrogens is 192 g/mol. The Morgan fingerprint density at radius 1 is 1.47 bits per heavy atom. The Morgan fingerprint density at radius 2 is 2.13 bits per heavy atom. The Hall–Kier alpha value is -0.610. The molecule has 0 aromatic heterocycles. The molecule has 2 N–H and O–H groups in total. The summed E-state index contributed by atoms with van der Waals surface area (Å²) in [6, 6.07) is 0. The Bertz CT molecular complexity index is 189. The second-order valence-corrected chi connectivity index (χ2v) is 4.40. The Labute approximate surface area is 91.8 Å². The molecule has 1 fully saturated rings. The van der Waals surface area contributed by atoms with E-state index in [0.29, 0.717) is 6.61 Å². The van der Waals surface area contributed by atoms with Crippen LogP contribution in [0.25, 0.3) is 0 Å². The molecule has 1 heterocycles. The van der Waals surface area contributed by atoms with Crippen LogP contribution in [0.1, 0.15) is 26.2 Å². The predicted molar refractivity (Wildman–Crippen MR) is 59.5 cm³/mol. The summed E-state index contributed by atoms with van der Waals surface area (Å²) in [6.45, 7) is 6.48. The van der Waals surface area contributed by atoms with Crippen molar-refractivity contribution in [3.8, 4) is 0 Å². The summed E-state index contributed by atoms with van der Waals surface area (Å²) in [5.74, 6) is 0.495. The maximum Gasteiger partial charge on any atom is 0.243 e. The highest BCUT2D eigenvalue weighted by Crippen LogP contribution is 2.15. The van der Waals surface area contributed by atoms with E-state index < -0.39 is 0 Å². The van der Waals surface area contributed by atoms with Crippen molar-refractivity contribution in [2.24, 2.45) is 11.7 Å². The number of carbonyl (C=O) groups excluding carboxylic acids is 1. The molecule has 4 heteroatoms. The van der Waals surface area contributed by atoms with Crippen LogP contribution < -0.4 is 5.73 Å². The lowest BCUT2D eigenvalue weighted by Gasteiger charge is -2.29. The molecule has 4 nitrogen and oxygen atoms in total. The maximum atomic E-state index is 10.4. The smallest absolute Gasteiger partial charge is 0.243 e. The van der Waals surface area contributed by atoms with Crippen LogP contribution in [0, 0.1) is 5.92 Å². The van der Waals surface area contributed by atoms with Crippen LogP contribution >= 0.6 is 0 Å². The monoisotopic (exact) mass is 214 g/mol. The van der Waals surface area contributed by atoms with Crippen LogP contribution in [0.15, 0.2) is 0 Å². The molecule has 0 aromatic carbocycles. The normalized spacial score (nSPS) is 19.3. The first kappa shape index (κ1) is 12.5. The summed E-state index contributed by atoms with van der Waals surface area (Å²) in [7, 11) is 0. The first-order valence-corrected chi connectivity index (χ1v) is 5.77. The SMILES string of the molecule is CC1CCN(CCCOCC(N)=O)CC1. The Balaban J connectivity index is 1.94. The zero-order valence-corrected chi connectivity index (χ0v) is 9.58. The number of nitrogens with two attached hydrogens (primary N) is 1. The second kappa shape index (κ2) is 6.80. The minimum absolute atomic E-state index is 0.0526. The third kappa shape index (κ3) is 5.74. The number of piperidine rings is 1. The average molecular weight is 214 g/mol. The molecule has 1 aliphatic rings. The van der Waals surface area contributed by atoms with Crippen molar-refractivity contribution in [3.05, 3.63) is 0 Å². The van der Waals surface area contributed by atoms with Gasteiger partial charge in [-0.15, -0.1) is 0 Å². The molecule has 88 valence electrons. The van der Waals surface area contributed by atoms with E-state index in [2.05, 4.69) is 11.8 Å². The van der Waals surface area contributed by atoms with Crippen LogP contribution in [-0.4, -0.2) is 43.7 Å². The number of likely N-dealkylation sites (tertiary alicyclic amines) is 1. The third-order valence-corrected chi connectivity index (χ3v) is 2.88. The molecule has 1 saturated heterocycles. The molecule has 0 aliphatic carbocycles. The van der Waals surface area contributed by atoms with E-state index in [-0.39, 0.29) is 12.5 Å². The number of nitrogens with zero attached hydrogens (tertiary/aromatic N) is 1. The van der Waals surface area contributed by atoms with Gasteiger partial charge in [-0.3, -0.25) is 4.79 Å². The fourth-order valence-corrected chi connectivity index (χ4v) is 1.85. The number of hydrogen-bond donors (Lipinski definition) is 1. The van der Waals surface area contributed by atoms with Crippen LogP contribution in [-0.2, 0) is 9.53 Å². The summed E-state index contributed by atoms with van der Waals surface area (Å²) in [5, 5.41) is 0. The summed E-state index contributed by atoms with van der Waals surface area (Å²) >= 11 is 0. The van der Waals surface area contributed by atoms with Gasteiger partial charge in [0.25, 0.3) is 0 Å². The topological polar surface area (TPSA) is 55.6 Å². The van der Waals surface area contributed by atoms with Gasteiger partial charge in [-0.05, 0) is 38.3 Å². The first-order valence-electron chi connectivity index (χ1n) is 5.77. The van der Waals surface area contributed by atoms with Gasteiger partial charge in [-0.25, -0.2) is 0 Å². The van der Waals surface area contributed by atoms with Gasteiger partial charge in [0.2, 0.25) is 5.91 Å². The minimum atomic E-state index is -0.387. The van der Waals surface area contributed by atoms with Crippen LogP contribution in [0.4, 0.5) is 0 Å². The Kier molecular flexibility index (Phi) is 5.65. The van der Waals surface area contributed by atoms with Crippen molar-refractivity contribution in [3.63, 3.8) is 0 Å². The lowest BCUT2D eigenvalue weighted by molar-refractivity contribution is -0.122. The average Bonchev–Trinajstić information content (AvgIpc) is 2.20. The van der Waals surface area contributed by atoms with Crippen LogP contribution in [0.2, 0.25) is 0 Å². The van der Waals surface area contributed by atoms with Gasteiger partial charge in [0.1, 0.15) is 6.61 Å². The minimum Gasteiger partial charge on any atom is -0.372 e. The highest BCUT2D eigenvalue weighted by molar-refractivity contribution is 5.74. The van der Waals surface area contributed by atoms with E-state index in [1.165, 1.54) is 25.9 Å².